The standard InChI is InChI=1S/C10H7F2N3O2S/c11-10(12)17-7-2-1-6(5-14-7)15-8(16)9-13-3-4-18-9/h1-5,10H,(H,15,16). The van der Waals surface area contributed by atoms with Crippen LogP contribution in [-0.2, 0) is 0 Å². The number of carbonyl (C=O) groups excluding carboxylic acids is 1. The van der Waals surface area contributed by atoms with E-state index in [-0.39, 0.29) is 11.8 Å². The molecule has 0 atom stereocenters. The van der Waals surface area contributed by atoms with Crippen LogP contribution in [0.2, 0.25) is 0 Å². The monoisotopic (exact) mass is 271 g/mol. The van der Waals surface area contributed by atoms with E-state index < -0.39 is 6.61 Å². The van der Waals surface area contributed by atoms with Crippen LogP contribution in [0.4, 0.5) is 14.5 Å². The van der Waals surface area contributed by atoms with Crippen LogP contribution in [-0.4, -0.2) is 22.5 Å². The number of amides is 1. The van der Waals surface area contributed by atoms with Gasteiger partial charge in [0.25, 0.3) is 5.91 Å². The molecule has 0 unspecified atom stereocenters. The average Bonchev–Trinajstić information content (AvgIpc) is 2.84. The molecule has 2 aromatic heterocycles. The number of nitrogens with zero attached hydrogens (tertiary/aromatic N) is 2. The molecule has 0 bridgehead atoms. The Morgan fingerprint density at radius 3 is 2.78 bits per heavy atom. The highest BCUT2D eigenvalue weighted by molar-refractivity contribution is 7.11. The first-order valence-electron chi connectivity index (χ1n) is 4.77. The Hall–Kier alpha value is -2.09. The molecule has 2 aromatic rings. The molecule has 8 heteroatoms. The van der Waals surface area contributed by atoms with Crippen LogP contribution in [0.5, 0.6) is 5.88 Å². The molecule has 5 nitrogen and oxygen atoms in total. The Morgan fingerprint density at radius 2 is 2.22 bits per heavy atom. The third kappa shape index (κ3) is 3.20. The highest BCUT2D eigenvalue weighted by Crippen LogP contribution is 2.15. The molecule has 0 saturated heterocycles. The Kier molecular flexibility index (Phi) is 3.78. The van der Waals surface area contributed by atoms with E-state index in [1.54, 1.807) is 5.38 Å². The van der Waals surface area contributed by atoms with Crippen molar-refractivity contribution < 1.29 is 18.3 Å². The van der Waals surface area contributed by atoms with Crippen molar-refractivity contribution in [2.45, 2.75) is 6.61 Å². The van der Waals surface area contributed by atoms with E-state index in [1.807, 2.05) is 0 Å². The number of hydrogen-bond acceptors (Lipinski definition) is 5. The normalized spacial score (nSPS) is 10.4. The molecule has 0 aliphatic rings. The highest BCUT2D eigenvalue weighted by Gasteiger charge is 2.09. The number of hydrogen-bond donors (Lipinski definition) is 1. The summed E-state index contributed by atoms with van der Waals surface area (Å²) in [5.74, 6) is -0.591. The number of nitrogens with one attached hydrogen (secondary N) is 1. The van der Waals surface area contributed by atoms with Crippen molar-refractivity contribution in [1.82, 2.24) is 9.97 Å². The van der Waals surface area contributed by atoms with Crippen LogP contribution in [0.1, 0.15) is 9.80 Å². The zero-order valence-electron chi connectivity index (χ0n) is 8.84. The summed E-state index contributed by atoms with van der Waals surface area (Å²) in [6, 6.07) is 2.65. The van der Waals surface area contributed by atoms with Gasteiger partial charge in [-0.05, 0) is 6.07 Å². The van der Waals surface area contributed by atoms with E-state index in [9.17, 15) is 13.6 Å². The van der Waals surface area contributed by atoms with Crippen LogP contribution in [0, 0.1) is 0 Å². The third-order valence-corrected chi connectivity index (χ3v) is 2.60. The van der Waals surface area contributed by atoms with Gasteiger partial charge in [-0.2, -0.15) is 8.78 Å². The second-order valence-corrected chi connectivity index (χ2v) is 3.95. The summed E-state index contributed by atoms with van der Waals surface area (Å²) >= 11 is 1.19. The first-order valence-corrected chi connectivity index (χ1v) is 5.65. The van der Waals surface area contributed by atoms with Gasteiger partial charge < -0.3 is 10.1 Å². The van der Waals surface area contributed by atoms with Crippen molar-refractivity contribution in [2.75, 3.05) is 5.32 Å². The van der Waals surface area contributed by atoms with Crippen LogP contribution >= 0.6 is 11.3 Å². The number of thiazole rings is 1. The fourth-order valence-corrected chi connectivity index (χ4v) is 1.67. The predicted octanol–water partition coefficient (Wildman–Crippen LogP) is 2.39. The summed E-state index contributed by atoms with van der Waals surface area (Å²) in [6.07, 6.45) is 2.74. The predicted molar refractivity (Wildman–Crippen MR) is 60.9 cm³/mol. The summed E-state index contributed by atoms with van der Waals surface area (Å²) in [4.78, 5) is 19.0. The number of pyridine rings is 1. The van der Waals surface area contributed by atoms with Crippen molar-refractivity contribution in [1.29, 1.82) is 0 Å². The van der Waals surface area contributed by atoms with Gasteiger partial charge in [-0.3, -0.25) is 4.79 Å². The molecular weight excluding hydrogens is 264 g/mol. The van der Waals surface area contributed by atoms with E-state index in [0.717, 1.165) is 0 Å². The van der Waals surface area contributed by atoms with Crippen molar-refractivity contribution >= 4 is 22.9 Å². The summed E-state index contributed by atoms with van der Waals surface area (Å²) in [7, 11) is 0. The molecule has 0 aliphatic carbocycles. The lowest BCUT2D eigenvalue weighted by Gasteiger charge is -2.05. The number of rotatable bonds is 4. The van der Waals surface area contributed by atoms with Gasteiger partial charge in [-0.15, -0.1) is 11.3 Å². The number of ether oxygens (including phenoxy) is 1. The molecule has 1 N–H and O–H groups in total. The lowest BCUT2D eigenvalue weighted by Crippen LogP contribution is -2.11. The Labute approximate surface area is 104 Å². The summed E-state index contributed by atoms with van der Waals surface area (Å²) < 4.78 is 27.8. The van der Waals surface area contributed by atoms with Gasteiger partial charge in [0.15, 0.2) is 5.01 Å². The Balaban J connectivity index is 2.00. The topological polar surface area (TPSA) is 64.1 Å². The quantitative estimate of drug-likeness (QED) is 0.927. The largest absolute Gasteiger partial charge is 0.417 e. The molecule has 0 spiro atoms. The first kappa shape index (κ1) is 12.4. The number of anilines is 1. The SMILES string of the molecule is O=C(Nc1ccc(OC(F)F)nc1)c1nccs1. The summed E-state index contributed by atoms with van der Waals surface area (Å²) in [5, 5.41) is 4.51. The van der Waals surface area contributed by atoms with Gasteiger partial charge in [0, 0.05) is 17.6 Å². The minimum absolute atomic E-state index is 0.211. The van der Waals surface area contributed by atoms with Crippen LogP contribution in [0.15, 0.2) is 29.9 Å². The fraction of sp³-hybridized carbons (Fsp3) is 0.100. The Morgan fingerprint density at radius 1 is 1.39 bits per heavy atom. The maximum absolute atomic E-state index is 11.9. The molecule has 94 valence electrons. The molecule has 0 radical (unpaired) electrons. The van der Waals surface area contributed by atoms with Gasteiger partial charge in [0.1, 0.15) is 0 Å². The van der Waals surface area contributed by atoms with Crippen molar-refractivity contribution in [3.05, 3.63) is 34.9 Å². The number of alkyl halides is 2. The molecular formula is C10H7F2N3O2S. The minimum atomic E-state index is -2.92. The smallest absolute Gasteiger partial charge is 0.388 e. The fourth-order valence-electron chi connectivity index (χ4n) is 1.14. The molecule has 0 fully saturated rings. The maximum atomic E-state index is 11.9. The maximum Gasteiger partial charge on any atom is 0.388 e. The van der Waals surface area contributed by atoms with E-state index in [0.29, 0.717) is 10.7 Å². The second kappa shape index (κ2) is 5.50. The van der Waals surface area contributed by atoms with Gasteiger partial charge in [-0.25, -0.2) is 9.97 Å². The van der Waals surface area contributed by atoms with Gasteiger partial charge in [-0.1, -0.05) is 0 Å². The van der Waals surface area contributed by atoms with E-state index in [4.69, 9.17) is 0 Å². The Bertz CT molecular complexity index is 516. The molecule has 0 saturated carbocycles. The van der Waals surface area contributed by atoms with Crippen molar-refractivity contribution in [3.8, 4) is 5.88 Å². The lowest BCUT2D eigenvalue weighted by atomic mass is 10.4. The second-order valence-electron chi connectivity index (χ2n) is 3.05. The average molecular weight is 271 g/mol. The van der Waals surface area contributed by atoms with Crippen LogP contribution < -0.4 is 10.1 Å². The van der Waals surface area contributed by atoms with Crippen molar-refractivity contribution in [3.63, 3.8) is 0 Å². The third-order valence-electron chi connectivity index (χ3n) is 1.83. The molecule has 2 heterocycles. The zero-order valence-corrected chi connectivity index (χ0v) is 9.66. The zero-order chi connectivity index (χ0) is 13.0. The first-order chi connectivity index (χ1) is 8.65. The lowest BCUT2D eigenvalue weighted by molar-refractivity contribution is -0.0528. The van der Waals surface area contributed by atoms with Gasteiger partial charge in [0.05, 0.1) is 11.9 Å². The summed E-state index contributed by atoms with van der Waals surface area (Å²) in [5.41, 5.74) is 0.372. The van der Waals surface area contributed by atoms with E-state index >= 15 is 0 Å². The number of carbonyl (C=O) groups is 1. The number of aromatic nitrogens is 2. The van der Waals surface area contributed by atoms with Gasteiger partial charge in [0.2, 0.25) is 5.88 Å². The van der Waals surface area contributed by atoms with E-state index in [2.05, 4.69) is 20.0 Å². The molecule has 0 aliphatic heterocycles. The van der Waals surface area contributed by atoms with Crippen LogP contribution in [0.3, 0.4) is 0 Å². The molecule has 18 heavy (non-hydrogen) atoms. The molecule has 1 amide bonds. The number of halogens is 2. The van der Waals surface area contributed by atoms with Gasteiger partial charge >= 0.3 is 6.61 Å². The summed E-state index contributed by atoms with van der Waals surface area (Å²) in [6.45, 7) is -2.92. The highest BCUT2D eigenvalue weighted by atomic mass is 32.1. The van der Waals surface area contributed by atoms with Crippen molar-refractivity contribution in [2.24, 2.45) is 0 Å². The van der Waals surface area contributed by atoms with E-state index in [1.165, 1.54) is 35.9 Å². The minimum Gasteiger partial charge on any atom is -0.417 e. The van der Waals surface area contributed by atoms with Crippen LogP contribution in [0.25, 0.3) is 0 Å². The molecule has 2 rings (SSSR count). The molecule has 0 aromatic carbocycles.